The number of carbonyl (C=O) groups is 1. The minimum absolute atomic E-state index is 0.0854. The Kier molecular flexibility index (Phi) is 4.85. The van der Waals surface area contributed by atoms with E-state index in [0.29, 0.717) is 25.3 Å². The molecule has 1 aromatic rings. The van der Waals surface area contributed by atoms with Gasteiger partial charge in [0.1, 0.15) is 0 Å². The number of hydrogen-bond acceptors (Lipinski definition) is 4. The quantitative estimate of drug-likeness (QED) is 0.614. The highest BCUT2D eigenvalue weighted by Gasteiger charge is 2.04. The third-order valence-electron chi connectivity index (χ3n) is 2.61. The van der Waals surface area contributed by atoms with Gasteiger partial charge in [0.05, 0.1) is 0 Å². The first-order valence-electron chi connectivity index (χ1n) is 5.64. The van der Waals surface area contributed by atoms with Crippen molar-refractivity contribution in [3.8, 4) is 0 Å². The van der Waals surface area contributed by atoms with Crippen LogP contribution in [0.4, 0.5) is 0 Å². The van der Waals surface area contributed by atoms with Gasteiger partial charge in [0.25, 0.3) is 5.56 Å². The van der Waals surface area contributed by atoms with Gasteiger partial charge < -0.3 is 10.6 Å². The molecule has 1 aromatic heterocycles. The summed E-state index contributed by atoms with van der Waals surface area (Å²) in [6.45, 7) is 2.93. The maximum absolute atomic E-state index is 11.6. The van der Waals surface area contributed by atoms with E-state index in [1.54, 1.807) is 7.05 Å². The van der Waals surface area contributed by atoms with Crippen molar-refractivity contribution in [3.63, 3.8) is 0 Å². The fourth-order valence-electron chi connectivity index (χ4n) is 1.49. The van der Waals surface area contributed by atoms with Crippen LogP contribution in [0.25, 0.3) is 0 Å². The minimum atomic E-state index is -0.346. The molecule has 2 N–H and O–H groups in total. The zero-order chi connectivity index (χ0) is 13.7. The van der Waals surface area contributed by atoms with E-state index in [1.807, 2.05) is 0 Å². The molecule has 0 spiro atoms. The van der Waals surface area contributed by atoms with E-state index in [0.717, 1.165) is 4.57 Å². The first-order chi connectivity index (χ1) is 8.43. The number of nitrogens with zero attached hydrogens (tertiary/aromatic N) is 2. The number of nitrogens with one attached hydrogen (secondary N) is 2. The van der Waals surface area contributed by atoms with Gasteiger partial charge in [-0.05, 0) is 0 Å². The zero-order valence-electron chi connectivity index (χ0n) is 10.8. The summed E-state index contributed by atoms with van der Waals surface area (Å²) in [5.41, 5.74) is -0.0520. The van der Waals surface area contributed by atoms with E-state index >= 15 is 0 Å². The van der Waals surface area contributed by atoms with Crippen LogP contribution in [0.1, 0.15) is 12.6 Å². The molecule has 0 unspecified atom stereocenters. The summed E-state index contributed by atoms with van der Waals surface area (Å²) in [6.07, 6.45) is 0. The summed E-state index contributed by atoms with van der Waals surface area (Å²) in [4.78, 5) is 33.7. The molecule has 1 rings (SSSR count). The largest absolute Gasteiger partial charge is 0.355 e. The Balaban J connectivity index is 2.61. The van der Waals surface area contributed by atoms with Crippen LogP contribution in [0.3, 0.4) is 0 Å². The van der Waals surface area contributed by atoms with Gasteiger partial charge in [-0.3, -0.25) is 18.7 Å². The molecule has 0 atom stereocenters. The molecule has 0 aliphatic heterocycles. The minimum Gasteiger partial charge on any atom is -0.355 e. The van der Waals surface area contributed by atoms with Crippen molar-refractivity contribution >= 4 is 5.91 Å². The highest BCUT2D eigenvalue weighted by Crippen LogP contribution is 1.88. The predicted molar refractivity (Wildman–Crippen MR) is 67.3 cm³/mol. The molecular weight excluding hydrogens is 236 g/mol. The smallest absolute Gasteiger partial charge is 0.330 e. The van der Waals surface area contributed by atoms with Crippen LogP contribution in [0.2, 0.25) is 0 Å². The number of aromatic nitrogens is 2. The number of hydrogen-bond donors (Lipinski definition) is 2. The molecular formula is C11H18N4O3. The molecule has 7 nitrogen and oxygen atoms in total. The van der Waals surface area contributed by atoms with Gasteiger partial charge in [0.2, 0.25) is 5.91 Å². The molecule has 0 bridgehead atoms. The van der Waals surface area contributed by atoms with Gasteiger partial charge in [-0.25, -0.2) is 4.79 Å². The van der Waals surface area contributed by atoms with Crippen LogP contribution in [0.5, 0.6) is 0 Å². The monoisotopic (exact) mass is 254 g/mol. The molecule has 7 heteroatoms. The summed E-state index contributed by atoms with van der Waals surface area (Å²) < 4.78 is 2.48. The van der Waals surface area contributed by atoms with Crippen molar-refractivity contribution in [1.29, 1.82) is 0 Å². The van der Waals surface area contributed by atoms with Crippen molar-refractivity contribution in [2.75, 3.05) is 13.1 Å². The Morgan fingerprint density at radius 3 is 2.50 bits per heavy atom. The van der Waals surface area contributed by atoms with Crippen molar-refractivity contribution in [3.05, 3.63) is 32.6 Å². The fourth-order valence-corrected chi connectivity index (χ4v) is 1.49. The maximum atomic E-state index is 11.6. The van der Waals surface area contributed by atoms with Gasteiger partial charge in [0.15, 0.2) is 0 Å². The molecule has 100 valence electrons. The van der Waals surface area contributed by atoms with E-state index in [1.165, 1.54) is 24.6 Å². The normalized spacial score (nSPS) is 10.4. The van der Waals surface area contributed by atoms with Crippen LogP contribution < -0.4 is 21.9 Å². The van der Waals surface area contributed by atoms with Crippen molar-refractivity contribution in [2.45, 2.75) is 13.5 Å². The lowest BCUT2D eigenvalue weighted by Crippen LogP contribution is -2.39. The third kappa shape index (κ3) is 3.56. The Morgan fingerprint density at radius 1 is 1.22 bits per heavy atom. The van der Waals surface area contributed by atoms with Gasteiger partial charge in [0, 0.05) is 52.4 Å². The van der Waals surface area contributed by atoms with Crippen LogP contribution in [-0.4, -0.2) is 28.1 Å². The molecule has 0 aliphatic rings. The summed E-state index contributed by atoms with van der Waals surface area (Å²) in [6, 6.07) is 1.42. The second-order valence-corrected chi connectivity index (χ2v) is 4.03. The summed E-state index contributed by atoms with van der Waals surface area (Å²) >= 11 is 0. The SMILES string of the molecule is CC(=O)NCCNCc1cc(=O)n(C)c(=O)n1C. The standard InChI is InChI=1S/C11H18N4O3/c1-8(16)13-5-4-12-7-9-6-10(17)15(3)11(18)14(9)2/h6,12H,4-5,7H2,1-3H3,(H,13,16). The lowest BCUT2D eigenvalue weighted by Gasteiger charge is -2.10. The molecule has 0 radical (unpaired) electrons. The highest BCUT2D eigenvalue weighted by molar-refractivity contribution is 5.72. The number of carbonyl (C=O) groups excluding carboxylic acids is 1. The van der Waals surface area contributed by atoms with E-state index in [-0.39, 0.29) is 17.2 Å². The molecule has 0 fully saturated rings. The summed E-state index contributed by atoms with van der Waals surface area (Å²) in [7, 11) is 3.06. The van der Waals surface area contributed by atoms with E-state index in [4.69, 9.17) is 0 Å². The Morgan fingerprint density at radius 2 is 1.89 bits per heavy atom. The van der Waals surface area contributed by atoms with Crippen LogP contribution in [0.15, 0.2) is 15.7 Å². The second-order valence-electron chi connectivity index (χ2n) is 4.03. The molecule has 0 saturated carbocycles. The summed E-state index contributed by atoms with van der Waals surface area (Å²) in [5, 5.41) is 5.69. The van der Waals surface area contributed by atoms with E-state index in [2.05, 4.69) is 10.6 Å². The number of rotatable bonds is 5. The Labute approximate surface area is 104 Å². The maximum Gasteiger partial charge on any atom is 0.330 e. The van der Waals surface area contributed by atoms with Crippen molar-refractivity contribution < 1.29 is 4.79 Å². The van der Waals surface area contributed by atoms with Crippen molar-refractivity contribution in [1.82, 2.24) is 19.8 Å². The average molecular weight is 254 g/mol. The van der Waals surface area contributed by atoms with Gasteiger partial charge >= 0.3 is 5.69 Å². The lowest BCUT2D eigenvalue weighted by molar-refractivity contribution is -0.118. The second kappa shape index (κ2) is 6.15. The first-order valence-corrected chi connectivity index (χ1v) is 5.64. The molecule has 18 heavy (non-hydrogen) atoms. The van der Waals surface area contributed by atoms with Crippen molar-refractivity contribution in [2.24, 2.45) is 14.1 Å². The molecule has 0 saturated heterocycles. The fraction of sp³-hybridized carbons (Fsp3) is 0.545. The Hall–Kier alpha value is -1.89. The molecule has 0 aromatic carbocycles. The van der Waals surface area contributed by atoms with Crippen LogP contribution in [0, 0.1) is 0 Å². The van der Waals surface area contributed by atoms with Crippen LogP contribution in [-0.2, 0) is 25.4 Å². The Bertz CT molecular complexity index is 544. The third-order valence-corrected chi connectivity index (χ3v) is 2.61. The predicted octanol–water partition coefficient (Wildman–Crippen LogP) is -1.69. The molecule has 0 aliphatic carbocycles. The van der Waals surface area contributed by atoms with E-state index in [9.17, 15) is 14.4 Å². The zero-order valence-corrected chi connectivity index (χ0v) is 10.8. The topological polar surface area (TPSA) is 85.1 Å². The molecule has 1 heterocycles. The van der Waals surface area contributed by atoms with Crippen LogP contribution >= 0.6 is 0 Å². The lowest BCUT2D eigenvalue weighted by atomic mass is 10.3. The average Bonchev–Trinajstić information content (AvgIpc) is 2.32. The summed E-state index contributed by atoms with van der Waals surface area (Å²) in [5.74, 6) is -0.0854. The van der Waals surface area contributed by atoms with Gasteiger partial charge in [-0.2, -0.15) is 0 Å². The van der Waals surface area contributed by atoms with E-state index < -0.39 is 0 Å². The first kappa shape index (κ1) is 14.2. The van der Waals surface area contributed by atoms with Gasteiger partial charge in [-0.15, -0.1) is 0 Å². The number of amides is 1. The molecule has 1 amide bonds. The van der Waals surface area contributed by atoms with Gasteiger partial charge in [-0.1, -0.05) is 0 Å². The highest BCUT2D eigenvalue weighted by atomic mass is 16.2.